The van der Waals surface area contributed by atoms with Crippen molar-refractivity contribution < 1.29 is 9.59 Å². The fourth-order valence-electron chi connectivity index (χ4n) is 7.60. The number of allylic oxidation sites excluding steroid dienone is 1. The molecule has 3 aromatic carbocycles. The van der Waals surface area contributed by atoms with Crippen LogP contribution >= 0.6 is 11.6 Å². The number of likely N-dealkylation sites (N-methyl/N-ethyl adjacent to an activating group) is 1. The number of aryl methyl sites for hydroxylation is 1. The van der Waals surface area contributed by atoms with Crippen molar-refractivity contribution in [2.24, 2.45) is 0 Å². The minimum atomic E-state index is -0.638. The predicted octanol–water partition coefficient (Wildman–Crippen LogP) is 8.21. The van der Waals surface area contributed by atoms with Crippen LogP contribution in [-0.2, 0) is 22.4 Å². The minimum Gasteiger partial charge on any atom is -0.344 e. The lowest BCUT2D eigenvalue weighted by molar-refractivity contribution is -0.136. The van der Waals surface area contributed by atoms with Gasteiger partial charge in [-0.05, 0) is 85.0 Å². The van der Waals surface area contributed by atoms with Gasteiger partial charge in [-0.3, -0.25) is 9.59 Å². The quantitative estimate of drug-likeness (QED) is 0.188. The third-order valence-electron chi connectivity index (χ3n) is 10.7. The van der Waals surface area contributed by atoms with Gasteiger partial charge in [-0.15, -0.1) is 0 Å². The van der Waals surface area contributed by atoms with Crippen LogP contribution in [0.1, 0.15) is 91.5 Å². The SMILES string of the molecule is C=C1CCc2ccccc2C1CC(=O)NC(Cc1ccc(C2CC2)cc1)C(=O)N1CC=C(C(CN(CC)CC)c2ccccc2Cl)CC1. The average Bonchev–Trinajstić information content (AvgIpc) is 3.96. The van der Waals surface area contributed by atoms with Crippen molar-refractivity contribution in [2.75, 3.05) is 32.7 Å². The molecule has 0 bridgehead atoms. The van der Waals surface area contributed by atoms with Crippen LogP contribution in [0.3, 0.4) is 0 Å². The van der Waals surface area contributed by atoms with Crippen molar-refractivity contribution in [1.29, 1.82) is 0 Å². The van der Waals surface area contributed by atoms with Crippen molar-refractivity contribution in [3.8, 4) is 0 Å². The third-order valence-corrected chi connectivity index (χ3v) is 11.1. The summed E-state index contributed by atoms with van der Waals surface area (Å²) < 4.78 is 0. The molecule has 5 nitrogen and oxygen atoms in total. The van der Waals surface area contributed by atoms with E-state index in [4.69, 9.17) is 11.6 Å². The maximum atomic E-state index is 14.3. The van der Waals surface area contributed by atoms with Crippen molar-refractivity contribution in [1.82, 2.24) is 15.1 Å². The first kappa shape index (κ1) is 34.2. The van der Waals surface area contributed by atoms with Gasteiger partial charge in [-0.1, -0.05) is 116 Å². The molecule has 6 heteroatoms. The van der Waals surface area contributed by atoms with Gasteiger partial charge in [0.15, 0.2) is 0 Å². The van der Waals surface area contributed by atoms with Gasteiger partial charge in [0.1, 0.15) is 6.04 Å². The van der Waals surface area contributed by atoms with Crippen molar-refractivity contribution in [3.63, 3.8) is 0 Å². The second-order valence-electron chi connectivity index (χ2n) is 13.8. The summed E-state index contributed by atoms with van der Waals surface area (Å²) in [5.41, 5.74) is 8.47. The smallest absolute Gasteiger partial charge is 0.245 e. The van der Waals surface area contributed by atoms with Crippen molar-refractivity contribution in [2.45, 2.75) is 82.6 Å². The van der Waals surface area contributed by atoms with E-state index < -0.39 is 6.04 Å². The van der Waals surface area contributed by atoms with E-state index in [1.165, 1.54) is 35.1 Å². The summed E-state index contributed by atoms with van der Waals surface area (Å²) in [6.07, 6.45) is 8.12. The zero-order chi connectivity index (χ0) is 33.6. The topological polar surface area (TPSA) is 52.7 Å². The molecule has 0 spiro atoms. The molecule has 0 radical (unpaired) electrons. The number of nitrogens with zero attached hydrogens (tertiary/aromatic N) is 2. The van der Waals surface area contributed by atoms with Crippen LogP contribution in [0, 0.1) is 0 Å². The monoisotopic (exact) mass is 663 g/mol. The van der Waals surface area contributed by atoms with Gasteiger partial charge in [0.05, 0.1) is 0 Å². The number of benzene rings is 3. The molecular formula is C42H50ClN3O2. The molecular weight excluding hydrogens is 614 g/mol. The molecule has 1 saturated carbocycles. The molecule has 3 aromatic rings. The molecule has 1 aliphatic heterocycles. The summed E-state index contributed by atoms with van der Waals surface area (Å²) in [5, 5.41) is 3.99. The lowest BCUT2D eigenvalue weighted by Crippen LogP contribution is -2.51. The zero-order valence-electron chi connectivity index (χ0n) is 28.6. The van der Waals surface area contributed by atoms with E-state index >= 15 is 0 Å². The van der Waals surface area contributed by atoms with Gasteiger partial charge >= 0.3 is 0 Å². The third kappa shape index (κ3) is 8.13. The lowest BCUT2D eigenvalue weighted by atomic mass is 9.78. The molecule has 0 saturated heterocycles. The summed E-state index contributed by atoms with van der Waals surface area (Å²) in [6.45, 7) is 12.7. The molecule has 2 amide bonds. The Balaban J connectivity index is 1.20. The highest BCUT2D eigenvalue weighted by Crippen LogP contribution is 2.40. The van der Waals surface area contributed by atoms with Gasteiger partial charge in [0, 0.05) is 49.3 Å². The van der Waals surface area contributed by atoms with Crippen molar-refractivity contribution >= 4 is 23.4 Å². The van der Waals surface area contributed by atoms with E-state index in [1.807, 2.05) is 23.1 Å². The summed E-state index contributed by atoms with van der Waals surface area (Å²) >= 11 is 6.74. The highest BCUT2D eigenvalue weighted by Gasteiger charge is 2.32. The zero-order valence-corrected chi connectivity index (χ0v) is 29.4. The Morgan fingerprint density at radius 3 is 2.38 bits per heavy atom. The number of hydrogen-bond donors (Lipinski definition) is 1. The predicted molar refractivity (Wildman–Crippen MR) is 197 cm³/mol. The standard InChI is InChI=1S/C42H50ClN3O2/c1-4-45(5-2)28-38(36-12-8-9-13-39(36)43)34-22-24-46(25-23-34)42(48)40(26-30-15-18-31(19-16-30)32-20-21-32)44-41(47)27-37-29(3)14-17-33-10-6-7-11-35(33)37/h6-13,15-16,18-19,22,32,37-38,40H,3-5,14,17,20-21,23-28H2,1-2H3,(H,44,47). The number of carbonyl (C=O) groups excluding carboxylic acids is 2. The van der Waals surface area contributed by atoms with E-state index in [1.54, 1.807) is 0 Å². The normalized spacial score (nSPS) is 19.0. The average molecular weight is 664 g/mol. The van der Waals surface area contributed by atoms with E-state index in [0.717, 1.165) is 60.6 Å². The minimum absolute atomic E-state index is 0.0224. The molecule has 0 aromatic heterocycles. The molecule has 252 valence electrons. The highest BCUT2D eigenvalue weighted by molar-refractivity contribution is 6.31. The molecule has 48 heavy (non-hydrogen) atoms. The second kappa shape index (κ2) is 15.7. The number of rotatable bonds is 13. The van der Waals surface area contributed by atoms with Crippen LogP contribution in [0.2, 0.25) is 5.02 Å². The highest BCUT2D eigenvalue weighted by atomic mass is 35.5. The maximum Gasteiger partial charge on any atom is 0.245 e. The van der Waals surface area contributed by atoms with Crippen LogP contribution in [0.5, 0.6) is 0 Å². The molecule has 3 unspecified atom stereocenters. The summed E-state index contributed by atoms with van der Waals surface area (Å²) in [5.74, 6) is 0.690. The summed E-state index contributed by atoms with van der Waals surface area (Å²) in [4.78, 5) is 32.4. The molecule has 3 aliphatic rings. The van der Waals surface area contributed by atoms with Crippen LogP contribution in [-0.4, -0.2) is 60.4 Å². The Bertz CT molecular complexity index is 1640. The summed E-state index contributed by atoms with van der Waals surface area (Å²) in [7, 11) is 0. The van der Waals surface area contributed by atoms with E-state index in [9.17, 15) is 9.59 Å². The number of fused-ring (bicyclic) bond motifs is 1. The van der Waals surface area contributed by atoms with Crippen molar-refractivity contribution in [3.05, 3.63) is 129 Å². The molecule has 1 heterocycles. The number of hydrogen-bond acceptors (Lipinski definition) is 3. The molecule has 2 aliphatic carbocycles. The number of nitrogens with one attached hydrogen (secondary N) is 1. The van der Waals surface area contributed by atoms with Crippen LogP contribution in [0.15, 0.2) is 96.6 Å². The maximum absolute atomic E-state index is 14.3. The molecule has 6 rings (SSSR count). The Kier molecular flexibility index (Phi) is 11.2. The van der Waals surface area contributed by atoms with E-state index in [2.05, 4.69) is 91.3 Å². The first-order valence-corrected chi connectivity index (χ1v) is 18.3. The van der Waals surface area contributed by atoms with Gasteiger partial charge in [0.25, 0.3) is 0 Å². The number of halogens is 1. The fourth-order valence-corrected chi connectivity index (χ4v) is 7.86. The molecule has 1 N–H and O–H groups in total. The van der Waals surface area contributed by atoms with Gasteiger partial charge < -0.3 is 15.1 Å². The number of amides is 2. The van der Waals surface area contributed by atoms with Crippen LogP contribution in [0.4, 0.5) is 0 Å². The Hall–Kier alpha value is -3.67. The fraction of sp³-hybridized carbons (Fsp3) is 0.429. The first-order chi connectivity index (χ1) is 23.3. The lowest BCUT2D eigenvalue weighted by Gasteiger charge is -2.35. The molecule has 3 atom stereocenters. The van der Waals surface area contributed by atoms with Gasteiger partial charge in [-0.25, -0.2) is 0 Å². The Morgan fingerprint density at radius 2 is 1.69 bits per heavy atom. The van der Waals surface area contributed by atoms with E-state index in [-0.39, 0.29) is 23.7 Å². The Labute approximate surface area is 292 Å². The van der Waals surface area contributed by atoms with E-state index in [0.29, 0.717) is 31.8 Å². The van der Waals surface area contributed by atoms with Crippen LogP contribution in [0.25, 0.3) is 0 Å². The van der Waals surface area contributed by atoms with Gasteiger partial charge in [-0.2, -0.15) is 0 Å². The van der Waals surface area contributed by atoms with Gasteiger partial charge in [0.2, 0.25) is 11.8 Å². The second-order valence-corrected chi connectivity index (χ2v) is 14.2. The Morgan fingerprint density at radius 1 is 0.958 bits per heavy atom. The van der Waals surface area contributed by atoms with Crippen LogP contribution < -0.4 is 5.32 Å². The molecule has 1 fully saturated rings. The first-order valence-electron chi connectivity index (χ1n) is 17.9. The number of carbonyl (C=O) groups is 2. The largest absolute Gasteiger partial charge is 0.344 e. The summed E-state index contributed by atoms with van der Waals surface area (Å²) in [6, 6.07) is 24.5.